The molecule has 0 atom stereocenters. The zero-order valence-corrected chi connectivity index (χ0v) is 24.8. The molecule has 0 radical (unpaired) electrons. The monoisotopic (exact) mass is 616 g/mol. The van der Waals surface area contributed by atoms with E-state index in [0.717, 1.165) is 0 Å². The minimum atomic E-state index is -0.951. The molecule has 0 aliphatic heterocycles. The Labute approximate surface area is 258 Å². The average Bonchev–Trinajstić information content (AvgIpc) is 2.98. The molecule has 0 aromatic heterocycles. The van der Waals surface area contributed by atoms with Gasteiger partial charge in [0.25, 0.3) is 0 Å². The molecule has 0 heterocycles. The lowest BCUT2D eigenvalue weighted by molar-refractivity contribution is -0.151. The summed E-state index contributed by atoms with van der Waals surface area (Å²) in [5, 5.41) is 0. The van der Waals surface area contributed by atoms with Crippen LogP contribution in [0.1, 0.15) is 20.8 Å². The number of carbonyl (C=O) groups excluding carboxylic acids is 5. The van der Waals surface area contributed by atoms with Crippen molar-refractivity contribution >= 4 is 29.8 Å². The number of hydrogen-bond donors (Lipinski definition) is 0. The fourth-order valence-corrected chi connectivity index (χ4v) is 3.50. The standard InChI is InChI=1S/C34H29FO10/c1-19(2)32(38)41-17-30(36)43-26-13-24(14-27(16-26)44-31(37)18-42-33(39)20(3)4)23-9-12-28(29(35)15-23)22-7-10-25(11-8-22)45-34(40)21(5)6/h7-16H,1,3,5,17-18H2,2,4,6H3. The SMILES string of the molecule is C=C(C)C(=O)OCC(=O)Oc1cc(OC(=O)COC(=O)C(=C)C)cc(-c2ccc(-c3ccc(OC(=O)C(=C)C)cc3)c(F)c2)c1. The van der Waals surface area contributed by atoms with E-state index >= 15 is 4.39 Å². The van der Waals surface area contributed by atoms with Gasteiger partial charge in [0.15, 0.2) is 13.2 Å². The van der Waals surface area contributed by atoms with Gasteiger partial charge in [-0.15, -0.1) is 0 Å². The lowest BCUT2D eigenvalue weighted by Crippen LogP contribution is -2.20. The summed E-state index contributed by atoms with van der Waals surface area (Å²) in [5.41, 5.74) is 1.74. The number of hydrogen-bond acceptors (Lipinski definition) is 10. The largest absolute Gasteiger partial charge is 0.450 e. The van der Waals surface area contributed by atoms with Gasteiger partial charge in [-0.3, -0.25) is 0 Å². The van der Waals surface area contributed by atoms with Gasteiger partial charge in [0.1, 0.15) is 23.1 Å². The van der Waals surface area contributed by atoms with Gasteiger partial charge in [-0.1, -0.05) is 44.0 Å². The molecular formula is C34H29FO10. The van der Waals surface area contributed by atoms with Crippen LogP contribution in [0.2, 0.25) is 0 Å². The number of rotatable bonds is 12. The third-order valence-electron chi connectivity index (χ3n) is 5.71. The van der Waals surface area contributed by atoms with Crippen molar-refractivity contribution in [2.24, 2.45) is 0 Å². The van der Waals surface area contributed by atoms with Crippen molar-refractivity contribution in [2.45, 2.75) is 20.8 Å². The molecule has 232 valence electrons. The highest BCUT2D eigenvalue weighted by Crippen LogP contribution is 2.33. The molecule has 0 fully saturated rings. The van der Waals surface area contributed by atoms with E-state index in [1.54, 1.807) is 18.2 Å². The first-order valence-corrected chi connectivity index (χ1v) is 13.2. The predicted octanol–water partition coefficient (Wildman–Crippen LogP) is 5.69. The molecule has 0 aliphatic carbocycles. The Hall–Kier alpha value is -5.84. The number of benzene rings is 3. The zero-order chi connectivity index (χ0) is 33.3. The van der Waals surface area contributed by atoms with Crippen LogP contribution in [0.4, 0.5) is 4.39 Å². The quantitative estimate of drug-likeness (QED) is 0.142. The van der Waals surface area contributed by atoms with Crippen molar-refractivity contribution in [1.82, 2.24) is 0 Å². The van der Waals surface area contributed by atoms with Gasteiger partial charge in [0.05, 0.1) is 0 Å². The van der Waals surface area contributed by atoms with Gasteiger partial charge < -0.3 is 23.7 Å². The average molecular weight is 617 g/mol. The van der Waals surface area contributed by atoms with Crippen LogP contribution in [-0.2, 0) is 33.4 Å². The predicted molar refractivity (Wildman–Crippen MR) is 161 cm³/mol. The Kier molecular flexibility index (Phi) is 11.3. The molecule has 10 nitrogen and oxygen atoms in total. The Morgan fingerprint density at radius 2 is 1.02 bits per heavy atom. The molecule has 0 amide bonds. The summed E-state index contributed by atoms with van der Waals surface area (Å²) < 4.78 is 40.7. The maximum Gasteiger partial charge on any atom is 0.349 e. The molecule has 3 rings (SSSR count). The first-order chi connectivity index (χ1) is 21.2. The molecule has 0 unspecified atom stereocenters. The van der Waals surface area contributed by atoms with Crippen LogP contribution >= 0.6 is 0 Å². The van der Waals surface area contributed by atoms with Gasteiger partial charge >= 0.3 is 29.8 Å². The summed E-state index contributed by atoms with van der Waals surface area (Å²) in [6.07, 6.45) is 0. The van der Waals surface area contributed by atoms with Crippen molar-refractivity contribution in [3.63, 3.8) is 0 Å². The molecule has 0 saturated heterocycles. The molecule has 11 heteroatoms. The highest BCUT2D eigenvalue weighted by atomic mass is 19.1. The van der Waals surface area contributed by atoms with Crippen molar-refractivity contribution in [1.29, 1.82) is 0 Å². The van der Waals surface area contributed by atoms with E-state index in [2.05, 4.69) is 19.7 Å². The fourth-order valence-electron chi connectivity index (χ4n) is 3.50. The molecule has 0 saturated carbocycles. The Morgan fingerprint density at radius 3 is 1.47 bits per heavy atom. The first-order valence-electron chi connectivity index (χ1n) is 13.2. The van der Waals surface area contributed by atoms with Crippen LogP contribution in [0.5, 0.6) is 17.2 Å². The van der Waals surface area contributed by atoms with Crippen LogP contribution < -0.4 is 14.2 Å². The fraction of sp³-hybridized carbons (Fsp3) is 0.147. The third kappa shape index (κ3) is 9.85. The van der Waals surface area contributed by atoms with Crippen LogP contribution in [-0.4, -0.2) is 43.1 Å². The van der Waals surface area contributed by atoms with Gasteiger partial charge in [0, 0.05) is 28.3 Å². The summed E-state index contributed by atoms with van der Waals surface area (Å²) in [7, 11) is 0. The molecule has 0 spiro atoms. The molecule has 3 aromatic rings. The molecule has 0 aliphatic rings. The maximum atomic E-state index is 15.4. The second-order valence-electron chi connectivity index (χ2n) is 9.74. The van der Waals surface area contributed by atoms with Gasteiger partial charge in [-0.05, 0) is 67.8 Å². The van der Waals surface area contributed by atoms with Crippen LogP contribution in [0.3, 0.4) is 0 Å². The summed E-state index contributed by atoms with van der Waals surface area (Å²) >= 11 is 0. The number of halogens is 1. The van der Waals surface area contributed by atoms with Crippen molar-refractivity contribution in [2.75, 3.05) is 13.2 Å². The minimum Gasteiger partial charge on any atom is -0.450 e. The zero-order valence-electron chi connectivity index (χ0n) is 24.8. The van der Waals surface area contributed by atoms with Crippen LogP contribution in [0.15, 0.2) is 97.1 Å². The molecule has 45 heavy (non-hydrogen) atoms. The number of carbonyl (C=O) groups is 5. The summed E-state index contributed by atoms with van der Waals surface area (Å²) in [4.78, 5) is 59.7. The lowest BCUT2D eigenvalue weighted by atomic mass is 9.99. The van der Waals surface area contributed by atoms with E-state index < -0.39 is 48.9 Å². The van der Waals surface area contributed by atoms with Gasteiger partial charge in [-0.2, -0.15) is 0 Å². The van der Waals surface area contributed by atoms with Crippen LogP contribution in [0.25, 0.3) is 22.3 Å². The maximum absolute atomic E-state index is 15.4. The molecule has 0 bridgehead atoms. The highest BCUT2D eigenvalue weighted by molar-refractivity contribution is 5.90. The van der Waals surface area contributed by atoms with E-state index in [9.17, 15) is 24.0 Å². The molecule has 0 N–H and O–H groups in total. The van der Waals surface area contributed by atoms with E-state index in [-0.39, 0.29) is 45.1 Å². The second-order valence-corrected chi connectivity index (χ2v) is 9.74. The molecule has 3 aromatic carbocycles. The molecular weight excluding hydrogens is 587 g/mol. The van der Waals surface area contributed by atoms with Crippen molar-refractivity contribution in [3.8, 4) is 39.5 Å². The highest BCUT2D eigenvalue weighted by Gasteiger charge is 2.17. The third-order valence-corrected chi connectivity index (χ3v) is 5.71. The first kappa shape index (κ1) is 33.7. The lowest BCUT2D eigenvalue weighted by Gasteiger charge is -2.13. The van der Waals surface area contributed by atoms with Gasteiger partial charge in [0.2, 0.25) is 0 Å². The van der Waals surface area contributed by atoms with Crippen molar-refractivity contribution < 1.29 is 52.0 Å². The minimum absolute atomic E-state index is 0.0824. The summed E-state index contributed by atoms with van der Waals surface area (Å²) in [6, 6.07) is 14.5. The number of ether oxygens (including phenoxy) is 5. The normalized spacial score (nSPS) is 10.2. The van der Waals surface area contributed by atoms with E-state index in [4.69, 9.17) is 23.7 Å². The van der Waals surface area contributed by atoms with Crippen molar-refractivity contribution in [3.05, 3.63) is 103 Å². The van der Waals surface area contributed by atoms with Crippen LogP contribution in [0, 0.1) is 5.82 Å². The Morgan fingerprint density at radius 1 is 0.556 bits per heavy atom. The topological polar surface area (TPSA) is 132 Å². The second kappa shape index (κ2) is 15.1. The van der Waals surface area contributed by atoms with E-state index in [1.807, 2.05) is 0 Å². The smallest absolute Gasteiger partial charge is 0.349 e. The Balaban J connectivity index is 1.88. The van der Waals surface area contributed by atoms with E-state index in [0.29, 0.717) is 11.1 Å². The summed E-state index contributed by atoms with van der Waals surface area (Å²) in [5.74, 6) is -4.65. The summed E-state index contributed by atoms with van der Waals surface area (Å²) in [6.45, 7) is 13.3. The Bertz CT molecular complexity index is 1640. The van der Waals surface area contributed by atoms with Gasteiger partial charge in [-0.25, -0.2) is 28.4 Å². The van der Waals surface area contributed by atoms with E-state index in [1.165, 1.54) is 63.2 Å². The number of esters is 5.